The van der Waals surface area contributed by atoms with Gasteiger partial charge in [0.15, 0.2) is 6.10 Å². The lowest BCUT2D eigenvalue weighted by atomic mass is 10.0. The molecule has 3 rings (SSSR count). The van der Waals surface area contributed by atoms with Gasteiger partial charge in [-0.3, -0.25) is 4.79 Å². The molecule has 0 heterocycles. The number of benzene rings is 3. The average molecular weight is 349 g/mol. The Balaban J connectivity index is 1.73. The Labute approximate surface area is 151 Å². The van der Waals surface area contributed by atoms with Gasteiger partial charge in [-0.15, -0.1) is 0 Å². The molecule has 0 bridgehead atoms. The molecule has 0 radical (unpaired) electrons. The Morgan fingerprint density at radius 2 is 1.62 bits per heavy atom. The molecule has 0 aliphatic rings. The number of ether oxygens (including phenoxy) is 2. The monoisotopic (exact) mass is 349 g/mol. The topological polar surface area (TPSA) is 64.6 Å². The molecule has 1 N–H and O–H groups in total. The summed E-state index contributed by atoms with van der Waals surface area (Å²) in [5.41, 5.74) is 0.952. The van der Waals surface area contributed by atoms with Crippen LogP contribution in [0.3, 0.4) is 0 Å². The molecule has 132 valence electrons. The van der Waals surface area contributed by atoms with Gasteiger partial charge in [-0.1, -0.05) is 48.5 Å². The molecule has 3 aromatic rings. The summed E-state index contributed by atoms with van der Waals surface area (Å²) in [6, 6.07) is 20.0. The van der Waals surface area contributed by atoms with E-state index in [1.807, 2.05) is 30.3 Å². The Morgan fingerprint density at radius 3 is 2.42 bits per heavy atom. The smallest absolute Gasteiger partial charge is 0.339 e. The van der Waals surface area contributed by atoms with E-state index in [1.54, 1.807) is 36.4 Å². The summed E-state index contributed by atoms with van der Waals surface area (Å²) in [4.78, 5) is 24.9. The van der Waals surface area contributed by atoms with E-state index < -0.39 is 18.0 Å². The molecule has 5 nitrogen and oxygen atoms in total. The molecule has 0 saturated carbocycles. The van der Waals surface area contributed by atoms with Gasteiger partial charge in [0, 0.05) is 0 Å². The van der Waals surface area contributed by atoms with Gasteiger partial charge < -0.3 is 14.8 Å². The summed E-state index contributed by atoms with van der Waals surface area (Å²) in [6.07, 6.45) is -0.952. The van der Waals surface area contributed by atoms with Crippen LogP contribution in [0.25, 0.3) is 10.8 Å². The second kappa shape index (κ2) is 7.70. The van der Waals surface area contributed by atoms with Crippen LogP contribution < -0.4 is 10.1 Å². The highest BCUT2D eigenvalue weighted by molar-refractivity contribution is 6.05. The maximum atomic E-state index is 12.5. The molecule has 0 aliphatic carbocycles. The Hall–Kier alpha value is -3.34. The first-order chi connectivity index (χ1) is 12.6. The molecule has 0 saturated heterocycles. The minimum absolute atomic E-state index is 0.428. The van der Waals surface area contributed by atoms with Crippen molar-refractivity contribution in [2.24, 2.45) is 0 Å². The van der Waals surface area contributed by atoms with Gasteiger partial charge in [-0.05, 0) is 35.9 Å². The third kappa shape index (κ3) is 3.67. The van der Waals surface area contributed by atoms with Crippen LogP contribution in [-0.2, 0) is 9.53 Å². The van der Waals surface area contributed by atoms with Crippen LogP contribution in [0, 0.1) is 0 Å². The van der Waals surface area contributed by atoms with Crippen LogP contribution >= 0.6 is 0 Å². The fourth-order valence-electron chi connectivity index (χ4n) is 2.66. The second-order valence-electron chi connectivity index (χ2n) is 5.76. The first-order valence-electron chi connectivity index (χ1n) is 8.23. The number of methoxy groups -OCH3 is 1. The molecule has 26 heavy (non-hydrogen) atoms. The highest BCUT2D eigenvalue weighted by atomic mass is 16.5. The van der Waals surface area contributed by atoms with Crippen LogP contribution in [0.5, 0.6) is 5.75 Å². The summed E-state index contributed by atoms with van der Waals surface area (Å²) >= 11 is 0. The number of anilines is 1. The number of nitrogens with one attached hydrogen (secondary N) is 1. The van der Waals surface area contributed by atoms with Crippen LogP contribution in [0.1, 0.15) is 17.3 Å². The SMILES string of the molecule is COc1ccccc1NC(=O)C(C)OC(=O)c1cccc2ccccc12. The van der Waals surface area contributed by atoms with E-state index in [0.29, 0.717) is 17.0 Å². The molecule has 1 atom stereocenters. The van der Waals surface area contributed by atoms with E-state index in [1.165, 1.54) is 14.0 Å². The number of carbonyl (C=O) groups is 2. The Kier molecular flexibility index (Phi) is 5.17. The number of esters is 1. The van der Waals surface area contributed by atoms with Crippen molar-refractivity contribution >= 4 is 28.3 Å². The predicted molar refractivity (Wildman–Crippen MR) is 100 cm³/mol. The third-order valence-corrected chi connectivity index (χ3v) is 4.03. The van der Waals surface area contributed by atoms with Gasteiger partial charge in [-0.2, -0.15) is 0 Å². The maximum absolute atomic E-state index is 12.5. The zero-order chi connectivity index (χ0) is 18.5. The zero-order valence-electron chi connectivity index (χ0n) is 14.6. The van der Waals surface area contributed by atoms with Crippen molar-refractivity contribution in [2.75, 3.05) is 12.4 Å². The quantitative estimate of drug-likeness (QED) is 0.706. The fourth-order valence-corrected chi connectivity index (χ4v) is 2.66. The Morgan fingerprint density at radius 1 is 0.923 bits per heavy atom. The summed E-state index contributed by atoms with van der Waals surface area (Å²) in [7, 11) is 1.52. The minimum Gasteiger partial charge on any atom is -0.495 e. The normalized spacial score (nSPS) is 11.6. The summed E-state index contributed by atoms with van der Waals surface area (Å²) < 4.78 is 10.6. The fraction of sp³-hybridized carbons (Fsp3) is 0.143. The van der Waals surface area contributed by atoms with E-state index in [9.17, 15) is 9.59 Å². The number of hydrogen-bond acceptors (Lipinski definition) is 4. The van der Waals surface area contributed by atoms with Gasteiger partial charge in [0.05, 0.1) is 18.4 Å². The number of amides is 1. The number of para-hydroxylation sites is 2. The van der Waals surface area contributed by atoms with Gasteiger partial charge in [-0.25, -0.2) is 4.79 Å². The van der Waals surface area contributed by atoms with Crippen LogP contribution in [0.4, 0.5) is 5.69 Å². The van der Waals surface area contributed by atoms with E-state index in [0.717, 1.165) is 10.8 Å². The number of rotatable bonds is 5. The van der Waals surface area contributed by atoms with Gasteiger partial charge >= 0.3 is 5.97 Å². The molecule has 0 aromatic heterocycles. The molecule has 1 amide bonds. The van der Waals surface area contributed by atoms with Crippen LogP contribution in [0.15, 0.2) is 66.7 Å². The van der Waals surface area contributed by atoms with Gasteiger partial charge in [0.25, 0.3) is 5.91 Å². The summed E-state index contributed by atoms with van der Waals surface area (Å²) in [5.74, 6) is -0.430. The summed E-state index contributed by atoms with van der Waals surface area (Å²) in [5, 5.41) is 4.44. The van der Waals surface area contributed by atoms with Crippen LogP contribution in [0.2, 0.25) is 0 Å². The zero-order valence-corrected chi connectivity index (χ0v) is 14.6. The second-order valence-corrected chi connectivity index (χ2v) is 5.76. The standard InChI is InChI=1S/C21H19NO4/c1-14(20(23)22-18-12-5-6-13-19(18)25-2)26-21(24)17-11-7-9-15-8-3-4-10-16(15)17/h3-14H,1-2H3,(H,22,23). The molecule has 1 unspecified atom stereocenters. The number of carbonyl (C=O) groups excluding carboxylic acids is 2. The number of fused-ring (bicyclic) bond motifs is 1. The third-order valence-electron chi connectivity index (χ3n) is 4.03. The van der Waals surface area contributed by atoms with Crippen molar-refractivity contribution < 1.29 is 19.1 Å². The van der Waals surface area contributed by atoms with Crippen LogP contribution in [-0.4, -0.2) is 25.1 Å². The van der Waals surface area contributed by atoms with Gasteiger partial charge in [0.2, 0.25) is 0 Å². The van der Waals surface area contributed by atoms with Crippen molar-refractivity contribution in [3.63, 3.8) is 0 Å². The lowest BCUT2D eigenvalue weighted by molar-refractivity contribution is -0.123. The largest absolute Gasteiger partial charge is 0.495 e. The van der Waals surface area contributed by atoms with Crippen molar-refractivity contribution in [3.05, 3.63) is 72.3 Å². The minimum atomic E-state index is -0.952. The lowest BCUT2D eigenvalue weighted by Gasteiger charge is -2.15. The predicted octanol–water partition coefficient (Wildman–Crippen LogP) is 4.03. The van der Waals surface area contributed by atoms with Crippen molar-refractivity contribution in [3.8, 4) is 5.75 Å². The molecule has 0 fully saturated rings. The maximum Gasteiger partial charge on any atom is 0.339 e. The van der Waals surface area contributed by atoms with Gasteiger partial charge in [0.1, 0.15) is 5.75 Å². The highest BCUT2D eigenvalue weighted by Crippen LogP contribution is 2.24. The molecule has 0 spiro atoms. The first kappa shape index (κ1) is 17.5. The van der Waals surface area contributed by atoms with E-state index in [2.05, 4.69) is 5.32 Å². The van der Waals surface area contributed by atoms with E-state index in [-0.39, 0.29) is 0 Å². The summed E-state index contributed by atoms with van der Waals surface area (Å²) in [6.45, 7) is 1.54. The molecule has 5 heteroatoms. The Bertz CT molecular complexity index is 946. The molecular weight excluding hydrogens is 330 g/mol. The molecular formula is C21H19NO4. The van der Waals surface area contributed by atoms with Crippen molar-refractivity contribution in [1.29, 1.82) is 0 Å². The van der Waals surface area contributed by atoms with E-state index in [4.69, 9.17) is 9.47 Å². The molecule has 3 aromatic carbocycles. The lowest BCUT2D eigenvalue weighted by Crippen LogP contribution is -2.30. The molecule has 0 aliphatic heterocycles. The van der Waals surface area contributed by atoms with Crippen molar-refractivity contribution in [1.82, 2.24) is 0 Å². The number of hydrogen-bond donors (Lipinski definition) is 1. The average Bonchev–Trinajstić information content (AvgIpc) is 2.67. The highest BCUT2D eigenvalue weighted by Gasteiger charge is 2.21. The first-order valence-corrected chi connectivity index (χ1v) is 8.23. The van der Waals surface area contributed by atoms with E-state index >= 15 is 0 Å². The van der Waals surface area contributed by atoms with Crippen molar-refractivity contribution in [2.45, 2.75) is 13.0 Å².